The highest BCUT2D eigenvalue weighted by atomic mass is 16.3. The fourth-order valence-electron chi connectivity index (χ4n) is 3.36. The summed E-state index contributed by atoms with van der Waals surface area (Å²) in [5, 5.41) is 11.4. The van der Waals surface area contributed by atoms with Crippen LogP contribution in [0.4, 0.5) is 0 Å². The van der Waals surface area contributed by atoms with E-state index in [2.05, 4.69) is 15.3 Å². The molecule has 0 bridgehead atoms. The van der Waals surface area contributed by atoms with Crippen LogP contribution in [0.1, 0.15) is 34.7 Å². The summed E-state index contributed by atoms with van der Waals surface area (Å²) in [6, 6.07) is 5.67. The molecule has 1 saturated heterocycles. The van der Waals surface area contributed by atoms with Gasteiger partial charge in [0, 0.05) is 18.8 Å². The van der Waals surface area contributed by atoms with Crippen molar-refractivity contribution >= 4 is 5.91 Å². The molecule has 25 heavy (non-hydrogen) atoms. The lowest BCUT2D eigenvalue weighted by atomic mass is 10.2. The first-order valence-electron chi connectivity index (χ1n) is 8.52. The van der Waals surface area contributed by atoms with Gasteiger partial charge in [-0.05, 0) is 44.4 Å². The first kappa shape index (κ1) is 15.7. The molecule has 1 amide bonds. The first-order chi connectivity index (χ1) is 12.1. The fourth-order valence-corrected chi connectivity index (χ4v) is 3.36. The maximum Gasteiger partial charge on any atom is 0.274 e. The van der Waals surface area contributed by atoms with Gasteiger partial charge >= 0.3 is 0 Å². The Morgan fingerprint density at radius 1 is 1.40 bits per heavy atom. The molecule has 1 aliphatic heterocycles. The van der Waals surface area contributed by atoms with Crippen LogP contribution in [0.15, 0.2) is 35.0 Å². The van der Waals surface area contributed by atoms with Gasteiger partial charge in [-0.3, -0.25) is 14.6 Å². The molecule has 0 spiro atoms. The smallest absolute Gasteiger partial charge is 0.274 e. The van der Waals surface area contributed by atoms with Gasteiger partial charge in [-0.25, -0.2) is 0 Å². The molecule has 0 aliphatic carbocycles. The van der Waals surface area contributed by atoms with Crippen LogP contribution in [0.25, 0.3) is 11.5 Å². The molecule has 1 aliphatic rings. The molecule has 1 atom stereocenters. The van der Waals surface area contributed by atoms with Gasteiger partial charge < -0.3 is 9.32 Å². The Kier molecular flexibility index (Phi) is 3.91. The molecule has 0 aromatic carbocycles. The van der Waals surface area contributed by atoms with E-state index >= 15 is 0 Å². The van der Waals surface area contributed by atoms with Crippen LogP contribution in [0.3, 0.4) is 0 Å². The van der Waals surface area contributed by atoms with Crippen LogP contribution in [0.2, 0.25) is 0 Å². The van der Waals surface area contributed by atoms with Crippen molar-refractivity contribution < 1.29 is 9.21 Å². The van der Waals surface area contributed by atoms with E-state index in [4.69, 9.17) is 4.42 Å². The summed E-state index contributed by atoms with van der Waals surface area (Å²) in [6.07, 6.45) is 5.84. The second-order valence-electron chi connectivity index (χ2n) is 6.61. The van der Waals surface area contributed by atoms with E-state index in [1.807, 2.05) is 48.0 Å². The van der Waals surface area contributed by atoms with E-state index in [0.717, 1.165) is 36.4 Å². The first-order valence-corrected chi connectivity index (χ1v) is 8.52. The number of aromatic nitrogens is 4. The van der Waals surface area contributed by atoms with Gasteiger partial charge in [-0.2, -0.15) is 10.2 Å². The lowest BCUT2D eigenvalue weighted by molar-refractivity contribution is 0.0715. The summed E-state index contributed by atoms with van der Waals surface area (Å²) in [7, 11) is 0. The van der Waals surface area contributed by atoms with Crippen molar-refractivity contribution in [1.82, 2.24) is 24.9 Å². The molecule has 130 valence electrons. The molecular formula is C18H21N5O2. The maximum atomic E-state index is 12.9. The van der Waals surface area contributed by atoms with Crippen molar-refractivity contribution in [3.63, 3.8) is 0 Å². The third-order valence-electron chi connectivity index (χ3n) is 4.60. The number of rotatable bonds is 4. The van der Waals surface area contributed by atoms with Gasteiger partial charge in [0.25, 0.3) is 5.91 Å². The van der Waals surface area contributed by atoms with Crippen molar-refractivity contribution in [3.05, 3.63) is 47.6 Å². The number of carbonyl (C=O) groups excluding carboxylic acids is 1. The van der Waals surface area contributed by atoms with Crippen molar-refractivity contribution in [2.75, 3.05) is 6.54 Å². The Labute approximate surface area is 145 Å². The van der Waals surface area contributed by atoms with E-state index in [0.29, 0.717) is 18.0 Å². The number of aromatic amines is 1. The van der Waals surface area contributed by atoms with Crippen molar-refractivity contribution in [2.24, 2.45) is 0 Å². The highest BCUT2D eigenvalue weighted by Gasteiger charge is 2.31. The molecule has 3 aromatic heterocycles. The predicted molar refractivity (Wildman–Crippen MR) is 92.0 cm³/mol. The molecule has 4 rings (SSSR count). The molecule has 0 radical (unpaired) electrons. The number of H-pyrrole nitrogens is 1. The molecule has 0 unspecified atom stereocenters. The van der Waals surface area contributed by atoms with Gasteiger partial charge in [0.15, 0.2) is 11.5 Å². The number of likely N-dealkylation sites (tertiary alicyclic amines) is 1. The summed E-state index contributed by atoms with van der Waals surface area (Å²) in [4.78, 5) is 14.8. The lowest BCUT2D eigenvalue weighted by Gasteiger charge is -2.23. The minimum atomic E-state index is -0.0443. The van der Waals surface area contributed by atoms with E-state index in [-0.39, 0.29) is 11.9 Å². The number of hydrogen-bond acceptors (Lipinski definition) is 4. The quantitative estimate of drug-likeness (QED) is 0.792. The van der Waals surface area contributed by atoms with Gasteiger partial charge in [0.1, 0.15) is 11.5 Å². The SMILES string of the molecule is Cc1cnn(C[C@H]2CCCN2C(=O)c2cc(-c3ccc(C)o3)[nH]n2)c1. The maximum absolute atomic E-state index is 12.9. The van der Waals surface area contributed by atoms with Crippen LogP contribution >= 0.6 is 0 Å². The summed E-state index contributed by atoms with van der Waals surface area (Å²) >= 11 is 0. The number of amides is 1. The van der Waals surface area contributed by atoms with Crippen molar-refractivity contribution in [3.8, 4) is 11.5 Å². The summed E-state index contributed by atoms with van der Waals surface area (Å²) < 4.78 is 7.49. The zero-order chi connectivity index (χ0) is 17.4. The number of nitrogens with one attached hydrogen (secondary N) is 1. The summed E-state index contributed by atoms with van der Waals surface area (Å²) in [5.41, 5.74) is 2.27. The van der Waals surface area contributed by atoms with E-state index < -0.39 is 0 Å². The van der Waals surface area contributed by atoms with Crippen LogP contribution in [-0.4, -0.2) is 43.4 Å². The second kappa shape index (κ2) is 6.23. The highest BCUT2D eigenvalue weighted by Crippen LogP contribution is 2.24. The Morgan fingerprint density at radius 3 is 3.00 bits per heavy atom. The van der Waals surface area contributed by atoms with Crippen LogP contribution in [-0.2, 0) is 6.54 Å². The molecule has 3 aromatic rings. The molecule has 0 saturated carbocycles. The lowest BCUT2D eigenvalue weighted by Crippen LogP contribution is -2.38. The average molecular weight is 339 g/mol. The van der Waals surface area contributed by atoms with E-state index in [1.54, 1.807) is 6.07 Å². The highest BCUT2D eigenvalue weighted by molar-refractivity contribution is 5.93. The zero-order valence-electron chi connectivity index (χ0n) is 14.4. The minimum Gasteiger partial charge on any atom is -0.460 e. The Morgan fingerprint density at radius 2 is 2.28 bits per heavy atom. The molecule has 7 nitrogen and oxygen atoms in total. The Hall–Kier alpha value is -2.83. The van der Waals surface area contributed by atoms with Crippen LogP contribution in [0, 0.1) is 13.8 Å². The van der Waals surface area contributed by atoms with E-state index in [9.17, 15) is 4.79 Å². The number of furan rings is 1. The molecule has 4 heterocycles. The molecule has 7 heteroatoms. The number of nitrogens with zero attached hydrogens (tertiary/aromatic N) is 4. The number of aryl methyl sites for hydroxylation is 2. The van der Waals surface area contributed by atoms with Crippen LogP contribution < -0.4 is 0 Å². The van der Waals surface area contributed by atoms with Gasteiger partial charge in [-0.15, -0.1) is 0 Å². The monoisotopic (exact) mass is 339 g/mol. The molecule has 1 fully saturated rings. The van der Waals surface area contributed by atoms with Gasteiger partial charge in [0.2, 0.25) is 0 Å². The standard InChI is InChI=1S/C18H21N5O2/c1-12-9-19-22(10-12)11-14-4-3-7-23(14)18(24)16-8-15(20-21-16)17-6-5-13(2)25-17/h5-6,8-10,14H,3-4,7,11H2,1-2H3,(H,20,21)/t14-/m1/s1. The van der Waals surface area contributed by atoms with Crippen LogP contribution in [0.5, 0.6) is 0 Å². The van der Waals surface area contributed by atoms with Crippen molar-refractivity contribution in [1.29, 1.82) is 0 Å². The van der Waals surface area contributed by atoms with Crippen molar-refractivity contribution in [2.45, 2.75) is 39.3 Å². The summed E-state index contributed by atoms with van der Waals surface area (Å²) in [6.45, 7) is 5.38. The fraction of sp³-hybridized carbons (Fsp3) is 0.389. The number of hydrogen-bond donors (Lipinski definition) is 1. The van der Waals surface area contributed by atoms with Gasteiger partial charge in [0.05, 0.1) is 18.8 Å². The number of carbonyl (C=O) groups is 1. The second-order valence-corrected chi connectivity index (χ2v) is 6.61. The average Bonchev–Trinajstić information content (AvgIpc) is 3.34. The zero-order valence-corrected chi connectivity index (χ0v) is 14.4. The van der Waals surface area contributed by atoms with Gasteiger partial charge in [-0.1, -0.05) is 0 Å². The third kappa shape index (κ3) is 3.09. The third-order valence-corrected chi connectivity index (χ3v) is 4.60. The minimum absolute atomic E-state index is 0.0443. The largest absolute Gasteiger partial charge is 0.460 e. The normalized spacial score (nSPS) is 17.4. The Bertz CT molecular complexity index is 891. The molecular weight excluding hydrogens is 318 g/mol. The Balaban J connectivity index is 1.50. The van der Waals surface area contributed by atoms with E-state index in [1.165, 1.54) is 0 Å². The predicted octanol–water partition coefficient (Wildman–Crippen LogP) is 2.79. The molecule has 1 N–H and O–H groups in total. The topological polar surface area (TPSA) is 80.0 Å². The summed E-state index contributed by atoms with van der Waals surface area (Å²) in [5.74, 6) is 1.47.